The highest BCUT2D eigenvalue weighted by atomic mass is 19.4. The van der Waals surface area contributed by atoms with Gasteiger partial charge in [0.2, 0.25) is 0 Å². The molecule has 0 unspecified atom stereocenters. The van der Waals surface area contributed by atoms with Crippen LogP contribution < -0.4 is 20.1 Å². The van der Waals surface area contributed by atoms with Crippen LogP contribution in [0.2, 0.25) is 0 Å². The van der Waals surface area contributed by atoms with E-state index in [2.05, 4.69) is 10.6 Å². The summed E-state index contributed by atoms with van der Waals surface area (Å²) >= 11 is 0. The van der Waals surface area contributed by atoms with Crippen LogP contribution in [0.15, 0.2) is 73.5 Å². The Kier molecular flexibility index (Phi) is 10.3. The SMILES string of the molecule is C1=COc2ccccc2N1.C1=COc2ccccc2N1.O=C(O)C(F)(F)F.O=C(O)C(F)(F)F. The molecule has 0 radical (unpaired) electrons. The normalized spacial score (nSPS) is 12.4. The average Bonchev–Trinajstić information content (AvgIpc) is 2.79. The summed E-state index contributed by atoms with van der Waals surface area (Å²) in [5.41, 5.74) is 2.04. The molecular formula is C20H16F6N2O6. The lowest BCUT2D eigenvalue weighted by Gasteiger charge is -2.11. The van der Waals surface area contributed by atoms with Gasteiger partial charge in [0.1, 0.15) is 24.0 Å². The first kappa shape index (κ1) is 27.7. The van der Waals surface area contributed by atoms with E-state index >= 15 is 0 Å². The summed E-state index contributed by atoms with van der Waals surface area (Å²) in [6.45, 7) is 0. The number of aliphatic carboxylic acids is 2. The lowest BCUT2D eigenvalue weighted by molar-refractivity contribution is -0.193. The van der Waals surface area contributed by atoms with Crippen molar-refractivity contribution in [3.05, 3.63) is 73.5 Å². The molecule has 0 fully saturated rings. The van der Waals surface area contributed by atoms with E-state index in [1.54, 1.807) is 24.9 Å². The topological polar surface area (TPSA) is 117 Å². The maximum absolute atomic E-state index is 10.6. The van der Waals surface area contributed by atoms with Crippen LogP contribution >= 0.6 is 0 Å². The average molecular weight is 494 g/mol. The fraction of sp³-hybridized carbons (Fsp3) is 0.100. The van der Waals surface area contributed by atoms with E-state index in [1.165, 1.54) is 0 Å². The summed E-state index contributed by atoms with van der Waals surface area (Å²) in [5.74, 6) is -3.75. The molecule has 8 nitrogen and oxygen atoms in total. The molecule has 34 heavy (non-hydrogen) atoms. The van der Waals surface area contributed by atoms with Gasteiger partial charge in [0.25, 0.3) is 0 Å². The standard InChI is InChI=1S/2C8H7NO.2C2HF3O2/c2*1-2-4-8-7(3-1)9-5-6-10-8;2*3-2(4,5)1(6)7/h2*1-6,9H;2*(H,6,7). The number of halogens is 6. The summed E-state index contributed by atoms with van der Waals surface area (Å²) in [6.07, 6.45) is -3.38. The number of ether oxygens (including phenoxy) is 2. The first-order chi connectivity index (χ1) is 15.8. The number of nitrogens with one attached hydrogen (secondary N) is 2. The number of carboxylic acids is 2. The van der Waals surface area contributed by atoms with Gasteiger partial charge in [0.15, 0.2) is 0 Å². The Bertz CT molecular complexity index is 886. The van der Waals surface area contributed by atoms with E-state index in [0.29, 0.717) is 0 Å². The molecule has 2 aliphatic heterocycles. The van der Waals surface area contributed by atoms with Gasteiger partial charge in [0, 0.05) is 12.4 Å². The van der Waals surface area contributed by atoms with E-state index in [1.807, 2.05) is 48.5 Å². The minimum Gasteiger partial charge on any atom is -0.475 e. The van der Waals surface area contributed by atoms with Gasteiger partial charge in [-0.05, 0) is 24.3 Å². The van der Waals surface area contributed by atoms with Crippen LogP contribution in [0.25, 0.3) is 0 Å². The molecule has 0 bridgehead atoms. The number of alkyl halides is 6. The second-order valence-electron chi connectivity index (χ2n) is 5.73. The maximum Gasteiger partial charge on any atom is 0.490 e. The van der Waals surface area contributed by atoms with E-state index in [0.717, 1.165) is 22.9 Å². The highest BCUT2D eigenvalue weighted by Crippen LogP contribution is 2.26. The number of benzene rings is 2. The molecule has 0 aliphatic carbocycles. The molecule has 2 aliphatic rings. The van der Waals surface area contributed by atoms with Crippen LogP contribution in [0.1, 0.15) is 0 Å². The van der Waals surface area contributed by atoms with Gasteiger partial charge in [-0.3, -0.25) is 0 Å². The number of fused-ring (bicyclic) bond motifs is 2. The summed E-state index contributed by atoms with van der Waals surface area (Å²) < 4.78 is 73.8. The van der Waals surface area contributed by atoms with Crippen molar-refractivity contribution in [2.45, 2.75) is 12.4 Å². The van der Waals surface area contributed by atoms with Gasteiger partial charge < -0.3 is 30.3 Å². The Hall–Kier alpha value is -4.36. The zero-order chi connectivity index (χ0) is 25.8. The summed E-state index contributed by atoms with van der Waals surface area (Å²) in [7, 11) is 0. The van der Waals surface area contributed by atoms with Crippen LogP contribution in [-0.4, -0.2) is 34.5 Å². The van der Waals surface area contributed by atoms with Crippen molar-refractivity contribution < 1.29 is 55.6 Å². The van der Waals surface area contributed by atoms with Crippen molar-refractivity contribution in [3.8, 4) is 11.5 Å². The molecule has 4 rings (SSSR count). The van der Waals surface area contributed by atoms with Gasteiger partial charge in [-0.15, -0.1) is 0 Å². The maximum atomic E-state index is 10.6. The highest BCUT2D eigenvalue weighted by molar-refractivity contribution is 5.73. The van der Waals surface area contributed by atoms with Gasteiger partial charge in [0.05, 0.1) is 11.4 Å². The number of para-hydroxylation sites is 4. The monoisotopic (exact) mass is 494 g/mol. The Labute approximate surface area is 187 Å². The molecule has 2 aromatic rings. The molecule has 2 heterocycles. The van der Waals surface area contributed by atoms with Gasteiger partial charge in [-0.25, -0.2) is 9.59 Å². The zero-order valence-corrected chi connectivity index (χ0v) is 16.7. The van der Waals surface area contributed by atoms with Gasteiger partial charge in [-0.1, -0.05) is 24.3 Å². The van der Waals surface area contributed by atoms with Crippen molar-refractivity contribution in [1.82, 2.24) is 0 Å². The summed E-state index contributed by atoms with van der Waals surface area (Å²) in [4.78, 5) is 17.8. The number of rotatable bonds is 0. The number of carboxylic acid groups (broad SMARTS) is 2. The quantitative estimate of drug-likeness (QED) is 0.370. The van der Waals surface area contributed by atoms with Crippen molar-refractivity contribution in [3.63, 3.8) is 0 Å². The fourth-order valence-corrected chi connectivity index (χ4v) is 1.84. The molecule has 184 valence electrons. The molecule has 14 heteroatoms. The van der Waals surface area contributed by atoms with Gasteiger partial charge in [-0.2, -0.15) is 26.3 Å². The van der Waals surface area contributed by atoms with Crippen LogP contribution in [-0.2, 0) is 9.59 Å². The number of hydrogen-bond acceptors (Lipinski definition) is 6. The van der Waals surface area contributed by atoms with E-state index < -0.39 is 24.3 Å². The minimum absolute atomic E-state index is 0.880. The van der Waals surface area contributed by atoms with E-state index in [4.69, 9.17) is 29.3 Å². The van der Waals surface area contributed by atoms with Gasteiger partial charge >= 0.3 is 24.3 Å². The molecule has 0 aromatic heterocycles. The zero-order valence-electron chi connectivity index (χ0n) is 16.7. The third kappa shape index (κ3) is 10.3. The predicted molar refractivity (Wildman–Crippen MR) is 107 cm³/mol. The third-order valence-corrected chi connectivity index (χ3v) is 3.26. The number of hydrogen-bond donors (Lipinski definition) is 4. The van der Waals surface area contributed by atoms with Crippen molar-refractivity contribution in [2.75, 3.05) is 10.6 Å². The largest absolute Gasteiger partial charge is 0.490 e. The third-order valence-electron chi connectivity index (χ3n) is 3.26. The van der Waals surface area contributed by atoms with Crippen molar-refractivity contribution >= 4 is 23.3 Å². The van der Waals surface area contributed by atoms with E-state index in [-0.39, 0.29) is 0 Å². The number of anilines is 2. The van der Waals surface area contributed by atoms with Crippen molar-refractivity contribution in [1.29, 1.82) is 0 Å². The van der Waals surface area contributed by atoms with Crippen molar-refractivity contribution in [2.24, 2.45) is 0 Å². The molecule has 0 saturated heterocycles. The first-order valence-corrected chi connectivity index (χ1v) is 8.77. The lowest BCUT2D eigenvalue weighted by Crippen LogP contribution is -2.21. The Morgan fingerprint density at radius 2 is 0.941 bits per heavy atom. The van der Waals surface area contributed by atoms with Crippen LogP contribution in [0, 0.1) is 0 Å². The van der Waals surface area contributed by atoms with Crippen LogP contribution in [0.3, 0.4) is 0 Å². The second-order valence-corrected chi connectivity index (χ2v) is 5.73. The van der Waals surface area contributed by atoms with E-state index in [9.17, 15) is 26.3 Å². The van der Waals surface area contributed by atoms with Crippen LogP contribution in [0.5, 0.6) is 11.5 Å². The molecular weight excluding hydrogens is 478 g/mol. The smallest absolute Gasteiger partial charge is 0.475 e. The molecule has 0 spiro atoms. The molecule has 0 saturated carbocycles. The second kappa shape index (κ2) is 12.6. The predicted octanol–water partition coefficient (Wildman–Crippen LogP) is 5.19. The highest BCUT2D eigenvalue weighted by Gasteiger charge is 2.38. The molecule has 4 N–H and O–H groups in total. The Morgan fingerprint density at radius 3 is 1.21 bits per heavy atom. The number of carbonyl (C=O) groups is 2. The summed E-state index contributed by atoms with van der Waals surface area (Å²) in [5, 5.41) is 20.4. The minimum atomic E-state index is -5.08. The fourth-order valence-electron chi connectivity index (χ4n) is 1.84. The summed E-state index contributed by atoms with van der Waals surface area (Å²) in [6, 6.07) is 15.6. The lowest BCUT2D eigenvalue weighted by atomic mass is 10.3. The first-order valence-electron chi connectivity index (χ1n) is 8.77. The molecule has 2 aromatic carbocycles. The van der Waals surface area contributed by atoms with Crippen LogP contribution in [0.4, 0.5) is 37.7 Å². The Balaban J connectivity index is 0.000000231. The molecule has 0 amide bonds. The molecule has 0 atom stereocenters. The Morgan fingerprint density at radius 1 is 0.647 bits per heavy atom.